The molecule has 3 aromatic carbocycles. The molecule has 2 aromatic heterocycles. The van der Waals surface area contributed by atoms with Crippen molar-refractivity contribution in [1.82, 2.24) is 29.1 Å². The van der Waals surface area contributed by atoms with E-state index in [1.54, 1.807) is 43.1 Å². The van der Waals surface area contributed by atoms with Crippen LogP contribution < -0.4 is 26.0 Å². The SMILES string of the molecule is CC(OC(=O)CCCN)C(C)n1ncn(-c2ccc(N3CCN(c4ccc(OCC5COC(Cn6cncn6)(c6ccc(Cl)cc6Cl)O5)cc4)CC3)cc2)c1=O. The number of hydrogen-bond donors (Lipinski definition) is 1. The molecular weight excluding hydrogens is 761 g/mol. The Bertz CT molecular complexity index is 2120. The van der Waals surface area contributed by atoms with Gasteiger partial charge in [0.1, 0.15) is 50.1 Å². The van der Waals surface area contributed by atoms with Crippen LogP contribution in [0.1, 0.15) is 38.3 Å². The number of hydrogen-bond acceptors (Lipinski definition) is 12. The molecule has 0 aliphatic carbocycles. The maximum atomic E-state index is 13.2. The number of benzene rings is 3. The highest BCUT2D eigenvalue weighted by Gasteiger charge is 2.45. The second kappa shape index (κ2) is 17.5. The first-order valence-electron chi connectivity index (χ1n) is 18.6. The molecule has 15 nitrogen and oxygen atoms in total. The van der Waals surface area contributed by atoms with Crippen LogP contribution in [0, 0.1) is 0 Å². The fourth-order valence-electron chi connectivity index (χ4n) is 6.85. The number of nitrogens with zero attached hydrogens (tertiary/aromatic N) is 8. The quantitative estimate of drug-likeness (QED) is 0.144. The van der Waals surface area contributed by atoms with E-state index in [0.717, 1.165) is 43.3 Å². The van der Waals surface area contributed by atoms with Crippen LogP contribution in [0.3, 0.4) is 0 Å². The molecule has 4 unspecified atom stereocenters. The van der Waals surface area contributed by atoms with Crippen molar-refractivity contribution in [2.45, 2.75) is 57.3 Å². The van der Waals surface area contributed by atoms with Gasteiger partial charge in [0.25, 0.3) is 0 Å². The lowest BCUT2D eigenvalue weighted by molar-refractivity contribution is -0.190. The Morgan fingerprint density at radius 3 is 2.27 bits per heavy atom. The van der Waals surface area contributed by atoms with Crippen molar-refractivity contribution in [3.05, 3.63) is 112 Å². The largest absolute Gasteiger partial charge is 0.491 e. The summed E-state index contributed by atoms with van der Waals surface area (Å²) in [6.45, 7) is 8.17. The van der Waals surface area contributed by atoms with Gasteiger partial charge < -0.3 is 34.5 Å². The van der Waals surface area contributed by atoms with E-state index < -0.39 is 17.9 Å². The number of aromatic nitrogens is 6. The Labute approximate surface area is 334 Å². The van der Waals surface area contributed by atoms with Gasteiger partial charge in [0.05, 0.1) is 23.4 Å². The molecule has 56 heavy (non-hydrogen) atoms. The van der Waals surface area contributed by atoms with Crippen LogP contribution in [-0.4, -0.2) is 93.2 Å². The minimum atomic E-state index is -1.18. The highest BCUT2D eigenvalue weighted by Crippen LogP contribution is 2.40. The maximum absolute atomic E-state index is 13.2. The van der Waals surface area contributed by atoms with E-state index in [9.17, 15) is 9.59 Å². The van der Waals surface area contributed by atoms with Crippen LogP contribution in [0.4, 0.5) is 11.4 Å². The van der Waals surface area contributed by atoms with Crippen LogP contribution in [0.5, 0.6) is 5.75 Å². The van der Waals surface area contributed by atoms with Gasteiger partial charge >= 0.3 is 11.7 Å². The molecule has 17 heteroatoms. The standard InChI is InChI=1S/C39H45Cl2N9O6/c1-27(28(2)55-37(51)4-3-15-42)50-38(52)49(26-45-50)32-8-6-30(7-9-32)46-16-18-47(19-17-46)31-10-12-33(13-11-31)53-21-34-22-54-39(56-34,23-48-25-43-24-44-48)35-14-5-29(40)20-36(35)41/h5-14,20,24-28,34H,3-4,15-19,21-23,42H2,1-2H3. The summed E-state index contributed by atoms with van der Waals surface area (Å²) in [7, 11) is 0. The van der Waals surface area contributed by atoms with Gasteiger partial charge in [-0.1, -0.05) is 29.3 Å². The lowest BCUT2D eigenvalue weighted by Gasteiger charge is -2.37. The lowest BCUT2D eigenvalue weighted by Crippen LogP contribution is -2.46. The molecule has 2 saturated heterocycles. The molecule has 4 atom stereocenters. The summed E-state index contributed by atoms with van der Waals surface area (Å²) in [4.78, 5) is 34.0. The first-order chi connectivity index (χ1) is 27.1. The van der Waals surface area contributed by atoms with Gasteiger partial charge in [0, 0.05) is 54.6 Å². The summed E-state index contributed by atoms with van der Waals surface area (Å²) < 4.78 is 28.9. The third-order valence-corrected chi connectivity index (χ3v) is 10.7. The normalized spacial score (nSPS) is 19.6. The number of carbonyl (C=O) groups excluding carboxylic acids is 1. The van der Waals surface area contributed by atoms with Gasteiger partial charge in [-0.2, -0.15) is 10.2 Å². The zero-order valence-electron chi connectivity index (χ0n) is 31.2. The van der Waals surface area contributed by atoms with Crippen molar-refractivity contribution < 1.29 is 23.7 Å². The van der Waals surface area contributed by atoms with Crippen LogP contribution >= 0.6 is 23.2 Å². The van der Waals surface area contributed by atoms with E-state index >= 15 is 0 Å². The molecule has 5 aromatic rings. The van der Waals surface area contributed by atoms with Crippen LogP contribution in [0.15, 0.2) is 90.5 Å². The first-order valence-corrected chi connectivity index (χ1v) is 19.4. The van der Waals surface area contributed by atoms with E-state index in [1.807, 2.05) is 36.4 Å². The zero-order valence-corrected chi connectivity index (χ0v) is 32.8. The average Bonchev–Trinajstić information content (AvgIpc) is 3.97. The van der Waals surface area contributed by atoms with Crippen molar-refractivity contribution >= 4 is 40.5 Å². The molecule has 7 rings (SSSR count). The molecule has 2 aliphatic rings. The van der Waals surface area contributed by atoms with Gasteiger partial charge in [0.2, 0.25) is 5.79 Å². The van der Waals surface area contributed by atoms with Crippen molar-refractivity contribution in [3.8, 4) is 11.4 Å². The molecule has 0 saturated carbocycles. The van der Waals surface area contributed by atoms with Crippen molar-refractivity contribution in [1.29, 1.82) is 0 Å². The van der Waals surface area contributed by atoms with E-state index in [4.69, 9.17) is 47.9 Å². The predicted molar refractivity (Wildman–Crippen MR) is 212 cm³/mol. The van der Waals surface area contributed by atoms with Gasteiger partial charge in [-0.05, 0) is 87.5 Å². The summed E-state index contributed by atoms with van der Waals surface area (Å²) in [6, 6.07) is 20.7. The Morgan fingerprint density at radius 2 is 1.62 bits per heavy atom. The molecule has 2 aliphatic heterocycles. The lowest BCUT2D eigenvalue weighted by atomic mass is 10.1. The molecule has 4 heterocycles. The summed E-state index contributed by atoms with van der Waals surface area (Å²) in [5, 5.41) is 9.49. The van der Waals surface area contributed by atoms with Crippen molar-refractivity contribution in [2.24, 2.45) is 5.73 Å². The maximum Gasteiger partial charge on any atom is 0.350 e. The monoisotopic (exact) mass is 805 g/mol. The van der Waals surface area contributed by atoms with Gasteiger partial charge in [0.15, 0.2) is 0 Å². The molecule has 0 bridgehead atoms. The second-order valence-corrected chi connectivity index (χ2v) is 14.7. The Morgan fingerprint density at radius 1 is 0.946 bits per heavy atom. The Kier molecular flexibility index (Phi) is 12.3. The highest BCUT2D eigenvalue weighted by molar-refractivity contribution is 6.35. The first kappa shape index (κ1) is 39.3. The van der Waals surface area contributed by atoms with E-state index in [0.29, 0.717) is 40.9 Å². The van der Waals surface area contributed by atoms with Crippen LogP contribution in [-0.2, 0) is 31.3 Å². The predicted octanol–water partition coefficient (Wildman–Crippen LogP) is 4.84. The van der Waals surface area contributed by atoms with E-state index in [-0.39, 0.29) is 37.3 Å². The minimum Gasteiger partial charge on any atom is -0.491 e. The summed E-state index contributed by atoms with van der Waals surface area (Å²) in [5.74, 6) is -0.788. The molecule has 2 fully saturated rings. The number of carbonyl (C=O) groups is 1. The van der Waals surface area contributed by atoms with Gasteiger partial charge in [-0.25, -0.2) is 23.7 Å². The summed E-state index contributed by atoms with van der Waals surface area (Å²) in [5.41, 5.74) is 8.73. The number of ether oxygens (including phenoxy) is 4. The third kappa shape index (κ3) is 8.87. The van der Waals surface area contributed by atoms with E-state index in [2.05, 4.69) is 37.1 Å². The number of halogens is 2. The smallest absolute Gasteiger partial charge is 0.350 e. The molecular formula is C39H45Cl2N9O6. The number of esters is 1. The minimum absolute atomic E-state index is 0.244. The number of anilines is 2. The van der Waals surface area contributed by atoms with Gasteiger partial charge in [-0.3, -0.25) is 4.79 Å². The summed E-state index contributed by atoms with van der Waals surface area (Å²) >= 11 is 12.8. The molecule has 0 spiro atoms. The molecule has 2 N–H and O–H groups in total. The molecule has 296 valence electrons. The highest BCUT2D eigenvalue weighted by atomic mass is 35.5. The van der Waals surface area contributed by atoms with Crippen LogP contribution in [0.2, 0.25) is 10.0 Å². The average molecular weight is 807 g/mol. The number of nitrogens with two attached hydrogens (primary N) is 1. The van der Waals surface area contributed by atoms with Gasteiger partial charge in [-0.15, -0.1) is 0 Å². The number of rotatable bonds is 15. The van der Waals surface area contributed by atoms with Crippen LogP contribution in [0.25, 0.3) is 5.69 Å². The topological polar surface area (TPSA) is 157 Å². The van der Waals surface area contributed by atoms with E-state index in [1.165, 1.54) is 21.9 Å². The van der Waals surface area contributed by atoms with Crippen molar-refractivity contribution in [2.75, 3.05) is 55.7 Å². The Balaban J connectivity index is 0.900. The molecule has 0 amide bonds. The number of piperazine rings is 1. The fraction of sp³-hybridized carbons (Fsp3) is 0.410. The third-order valence-electron chi connectivity index (χ3n) is 10.1. The molecule has 0 radical (unpaired) electrons. The second-order valence-electron chi connectivity index (χ2n) is 13.9. The van der Waals surface area contributed by atoms with Crippen molar-refractivity contribution in [3.63, 3.8) is 0 Å². The Hall–Kier alpha value is -4.93. The summed E-state index contributed by atoms with van der Waals surface area (Å²) in [6.07, 6.45) is 4.47. The zero-order chi connectivity index (χ0) is 39.2. The fourth-order valence-corrected chi connectivity index (χ4v) is 7.41.